The smallest absolute Gasteiger partial charge is 0.271 e. The lowest BCUT2D eigenvalue weighted by Gasteiger charge is -2.13. The van der Waals surface area contributed by atoms with E-state index in [1.165, 1.54) is 5.56 Å². The number of fused-ring (bicyclic) bond motifs is 1. The molecular weight excluding hydrogens is 478 g/mol. The molecule has 4 nitrogen and oxygen atoms in total. The van der Waals surface area contributed by atoms with E-state index in [1.54, 1.807) is 34.4 Å². The van der Waals surface area contributed by atoms with E-state index >= 15 is 0 Å². The van der Waals surface area contributed by atoms with Crippen molar-refractivity contribution in [2.45, 2.75) is 24.9 Å². The normalized spacial score (nSPS) is 15.5. The molecule has 0 N–H and O–H groups in total. The highest BCUT2D eigenvalue weighted by molar-refractivity contribution is 8.08. The summed E-state index contributed by atoms with van der Waals surface area (Å²) in [6.07, 6.45) is 4.23. The molecule has 0 amide bonds. The Bertz CT molecular complexity index is 1470. The molecule has 0 saturated carbocycles. The maximum Gasteiger partial charge on any atom is 0.271 e. The van der Waals surface area contributed by atoms with Crippen LogP contribution in [-0.2, 0) is 13.1 Å². The van der Waals surface area contributed by atoms with Gasteiger partial charge in [0.2, 0.25) is 0 Å². The molecular formula is C24H21ClN3OS3+. The van der Waals surface area contributed by atoms with Crippen molar-refractivity contribution >= 4 is 62.8 Å². The Kier molecular flexibility index (Phi) is 5.99. The number of benzene rings is 2. The number of aromatic nitrogens is 2. The van der Waals surface area contributed by atoms with Crippen LogP contribution in [0.1, 0.15) is 17.5 Å². The van der Waals surface area contributed by atoms with Gasteiger partial charge in [0.15, 0.2) is 12.7 Å². The summed E-state index contributed by atoms with van der Waals surface area (Å²) in [4.78, 5) is 16.5. The molecule has 162 valence electrons. The van der Waals surface area contributed by atoms with Crippen molar-refractivity contribution < 1.29 is 4.57 Å². The number of nitrogens with zero attached hydrogens (tertiary/aromatic N) is 3. The Morgan fingerprint density at radius 3 is 2.69 bits per heavy atom. The van der Waals surface area contributed by atoms with Crippen LogP contribution in [0.3, 0.4) is 0 Å². The number of thiazole rings is 2. The molecule has 1 aliphatic heterocycles. The van der Waals surface area contributed by atoms with E-state index in [0.717, 1.165) is 36.4 Å². The van der Waals surface area contributed by atoms with Crippen LogP contribution in [0.2, 0.25) is 5.02 Å². The molecule has 0 fully saturated rings. The zero-order valence-corrected chi connectivity index (χ0v) is 20.8. The van der Waals surface area contributed by atoms with Crippen molar-refractivity contribution in [1.82, 2.24) is 4.57 Å². The van der Waals surface area contributed by atoms with Crippen LogP contribution in [0.5, 0.6) is 0 Å². The van der Waals surface area contributed by atoms with Gasteiger partial charge in [0, 0.05) is 24.1 Å². The van der Waals surface area contributed by atoms with Gasteiger partial charge in [-0.15, -0.1) is 11.3 Å². The van der Waals surface area contributed by atoms with Crippen LogP contribution >= 0.6 is 46.0 Å². The van der Waals surface area contributed by atoms with Gasteiger partial charge in [0.25, 0.3) is 10.6 Å². The molecule has 0 radical (unpaired) electrons. The topological polar surface area (TPSA) is 29.1 Å². The molecule has 1 aliphatic rings. The second-order valence-corrected chi connectivity index (χ2v) is 10.8. The third-order valence-corrected chi connectivity index (χ3v) is 9.00. The molecule has 0 saturated heterocycles. The first kappa shape index (κ1) is 21.5. The zero-order chi connectivity index (χ0) is 22.2. The highest BCUT2D eigenvalue weighted by Crippen LogP contribution is 2.48. The predicted molar refractivity (Wildman–Crippen MR) is 136 cm³/mol. The van der Waals surface area contributed by atoms with Gasteiger partial charge in [0.05, 0.1) is 22.2 Å². The maximum absolute atomic E-state index is 13.3. The van der Waals surface area contributed by atoms with Gasteiger partial charge in [-0.05, 0) is 19.1 Å². The third kappa shape index (κ3) is 3.83. The van der Waals surface area contributed by atoms with Crippen molar-refractivity contribution in [2.24, 2.45) is 0 Å². The molecule has 5 rings (SSSR count). The number of para-hydroxylation sites is 1. The molecule has 0 unspecified atom stereocenters. The number of anilines is 1. The average molecular weight is 499 g/mol. The van der Waals surface area contributed by atoms with Gasteiger partial charge in [-0.3, -0.25) is 9.36 Å². The molecule has 8 heteroatoms. The summed E-state index contributed by atoms with van der Waals surface area (Å²) < 4.78 is 5.80. The van der Waals surface area contributed by atoms with E-state index in [0.29, 0.717) is 11.6 Å². The summed E-state index contributed by atoms with van der Waals surface area (Å²) in [5, 5.41) is 4.85. The highest BCUT2D eigenvalue weighted by Gasteiger charge is 2.26. The second kappa shape index (κ2) is 8.90. The van der Waals surface area contributed by atoms with Crippen molar-refractivity contribution in [3.05, 3.63) is 95.3 Å². The van der Waals surface area contributed by atoms with Crippen LogP contribution in [0, 0.1) is 0 Å². The van der Waals surface area contributed by atoms with Crippen molar-refractivity contribution in [2.75, 3.05) is 11.9 Å². The van der Waals surface area contributed by atoms with Crippen LogP contribution in [0.25, 0.3) is 11.1 Å². The standard InChI is InChI=1S/C24H21ClN3OS3/c1-3-28-20(14-19-27(12-13-30-19)15-16-8-5-4-6-9-16)32-22(23(28)29)24-26(2)21-17(25)10-7-11-18(21)31-24/h4-14H,3,15H2,1-2H3/q+1. The number of rotatable bonds is 4. The molecule has 2 aromatic heterocycles. The van der Waals surface area contributed by atoms with Gasteiger partial charge in [0.1, 0.15) is 14.2 Å². The molecule has 2 aromatic carbocycles. The van der Waals surface area contributed by atoms with Gasteiger partial charge >= 0.3 is 0 Å². The molecule has 32 heavy (non-hydrogen) atoms. The van der Waals surface area contributed by atoms with E-state index in [2.05, 4.69) is 46.5 Å². The summed E-state index contributed by atoms with van der Waals surface area (Å²) in [5.41, 5.74) is 2.27. The fourth-order valence-electron chi connectivity index (χ4n) is 3.79. The highest BCUT2D eigenvalue weighted by atomic mass is 35.5. The van der Waals surface area contributed by atoms with E-state index in [-0.39, 0.29) is 5.56 Å². The average Bonchev–Trinajstić information content (AvgIpc) is 3.46. The Morgan fingerprint density at radius 1 is 1.12 bits per heavy atom. The lowest BCUT2D eigenvalue weighted by Crippen LogP contribution is -2.36. The number of thioether (sulfide) groups is 1. The Hall–Kier alpha value is -2.32. The summed E-state index contributed by atoms with van der Waals surface area (Å²) in [5.74, 6) is 0. The minimum Gasteiger partial charge on any atom is -0.336 e. The molecule has 0 atom stereocenters. The first-order valence-electron chi connectivity index (χ1n) is 10.2. The SMILES string of the molecule is CCn1c(=Cc2scc[n+]2Cc2ccccc2)sc(=C2Sc3cccc(Cl)c3N2C)c1=O. The van der Waals surface area contributed by atoms with Gasteiger partial charge in [-0.2, -0.15) is 4.57 Å². The molecule has 0 aliphatic carbocycles. The van der Waals surface area contributed by atoms with E-state index in [1.807, 2.05) is 47.7 Å². The van der Waals surface area contributed by atoms with Gasteiger partial charge < -0.3 is 4.90 Å². The first-order valence-corrected chi connectivity index (χ1v) is 13.1. The molecule has 0 bridgehead atoms. The lowest BCUT2D eigenvalue weighted by atomic mass is 10.2. The first-order chi connectivity index (χ1) is 15.6. The third-order valence-electron chi connectivity index (χ3n) is 5.37. The Labute approximate surface area is 203 Å². The van der Waals surface area contributed by atoms with E-state index in [4.69, 9.17) is 11.6 Å². The largest absolute Gasteiger partial charge is 0.336 e. The molecule has 4 aromatic rings. The maximum atomic E-state index is 13.3. The quantitative estimate of drug-likeness (QED) is 0.396. The fraction of sp³-hybridized carbons (Fsp3) is 0.167. The van der Waals surface area contributed by atoms with Crippen molar-refractivity contribution in [1.29, 1.82) is 0 Å². The van der Waals surface area contributed by atoms with Crippen LogP contribution < -0.4 is 24.2 Å². The van der Waals surface area contributed by atoms with Crippen LogP contribution in [0.4, 0.5) is 5.69 Å². The zero-order valence-electron chi connectivity index (χ0n) is 17.6. The second-order valence-electron chi connectivity index (χ2n) is 7.37. The summed E-state index contributed by atoms with van der Waals surface area (Å²) in [6.45, 7) is 3.44. The summed E-state index contributed by atoms with van der Waals surface area (Å²) in [6, 6.07) is 16.3. The van der Waals surface area contributed by atoms with Crippen molar-refractivity contribution in [3.8, 4) is 0 Å². The summed E-state index contributed by atoms with van der Waals surface area (Å²) in [7, 11) is 1.98. The van der Waals surface area contributed by atoms with Gasteiger partial charge in [-0.1, -0.05) is 71.1 Å². The number of halogens is 1. The number of hydrogen-bond acceptors (Lipinski definition) is 5. The minimum atomic E-state index is 0.0493. The fourth-order valence-corrected chi connectivity index (χ4v) is 7.49. The van der Waals surface area contributed by atoms with Gasteiger partial charge in [-0.25, -0.2) is 0 Å². The monoisotopic (exact) mass is 498 g/mol. The lowest BCUT2D eigenvalue weighted by molar-refractivity contribution is -0.685. The molecule has 0 spiro atoms. The van der Waals surface area contributed by atoms with E-state index in [9.17, 15) is 4.79 Å². The number of hydrogen-bond donors (Lipinski definition) is 0. The van der Waals surface area contributed by atoms with Crippen molar-refractivity contribution in [3.63, 3.8) is 0 Å². The molecule has 3 heterocycles. The minimum absolute atomic E-state index is 0.0493. The van der Waals surface area contributed by atoms with E-state index < -0.39 is 0 Å². The van der Waals surface area contributed by atoms with Crippen LogP contribution in [0.15, 0.2) is 69.8 Å². The Balaban J connectivity index is 1.62. The van der Waals surface area contributed by atoms with Crippen LogP contribution in [-0.4, -0.2) is 11.6 Å². The predicted octanol–water partition coefficient (Wildman–Crippen LogP) is 4.12. The Morgan fingerprint density at radius 2 is 1.94 bits per heavy atom. The summed E-state index contributed by atoms with van der Waals surface area (Å²) >= 11 is 11.3.